The Kier molecular flexibility index (Phi) is 5.77. The predicted molar refractivity (Wildman–Crippen MR) is 71.8 cm³/mol. The average Bonchev–Trinajstić information content (AvgIpc) is 2.32. The Morgan fingerprint density at radius 3 is 2.11 bits per heavy atom. The van der Waals surface area contributed by atoms with E-state index in [0.29, 0.717) is 26.1 Å². The van der Waals surface area contributed by atoms with E-state index in [1.807, 2.05) is 13.8 Å². The zero-order valence-corrected chi connectivity index (χ0v) is 12.5. The number of hydrogen-bond acceptors (Lipinski definition) is 4. The van der Waals surface area contributed by atoms with Gasteiger partial charge in [-0.1, -0.05) is 11.1 Å². The molecule has 0 aromatic heterocycles. The molecule has 0 aromatic carbocycles. The van der Waals surface area contributed by atoms with Crippen LogP contribution in [0.15, 0.2) is 11.1 Å². The van der Waals surface area contributed by atoms with Crippen LogP contribution in [0, 0.1) is 5.92 Å². The molecule has 0 saturated heterocycles. The van der Waals surface area contributed by atoms with E-state index in [9.17, 15) is 9.36 Å². The van der Waals surface area contributed by atoms with Crippen molar-refractivity contribution >= 4 is 13.9 Å². The summed E-state index contributed by atoms with van der Waals surface area (Å²) in [7, 11) is -3.20. The van der Waals surface area contributed by atoms with Gasteiger partial charge >= 0.3 is 7.60 Å². The predicted octanol–water partition coefficient (Wildman–Crippen LogP) is 3.57. The van der Waals surface area contributed by atoms with Crippen LogP contribution in [-0.4, -0.2) is 25.2 Å². The minimum Gasteiger partial charge on any atom is -0.309 e. The van der Waals surface area contributed by atoms with Crippen molar-refractivity contribution in [3.63, 3.8) is 0 Å². The molecule has 0 radical (unpaired) electrons. The molecular weight excluding hydrogens is 251 g/mol. The Morgan fingerprint density at radius 1 is 1.17 bits per heavy atom. The topological polar surface area (TPSA) is 52.6 Å². The highest BCUT2D eigenvalue weighted by Crippen LogP contribution is 2.59. The van der Waals surface area contributed by atoms with E-state index >= 15 is 0 Å². The zero-order chi connectivity index (χ0) is 13.8. The van der Waals surface area contributed by atoms with Crippen LogP contribution < -0.4 is 0 Å². The van der Waals surface area contributed by atoms with Crippen LogP contribution in [0.2, 0.25) is 0 Å². The van der Waals surface area contributed by atoms with Crippen molar-refractivity contribution in [2.45, 2.75) is 46.2 Å². The van der Waals surface area contributed by atoms with E-state index in [4.69, 9.17) is 9.05 Å². The normalized spacial score (nSPS) is 25.3. The number of carbonyl (C=O) groups is 1. The van der Waals surface area contributed by atoms with Crippen LogP contribution >= 0.6 is 7.60 Å². The molecule has 0 spiro atoms. The number of carbonyl (C=O) groups excluding carboxylic acids is 1. The molecule has 0 heterocycles. The Hall–Kier alpha value is -0.440. The van der Waals surface area contributed by atoms with Gasteiger partial charge in [-0.05, 0) is 40.5 Å². The van der Waals surface area contributed by atoms with Crippen molar-refractivity contribution in [1.29, 1.82) is 0 Å². The maximum atomic E-state index is 12.8. The van der Waals surface area contributed by atoms with Crippen LogP contribution in [0.5, 0.6) is 0 Å². The van der Waals surface area contributed by atoms with Crippen molar-refractivity contribution in [1.82, 2.24) is 0 Å². The van der Waals surface area contributed by atoms with Gasteiger partial charge in [0.15, 0.2) is 0 Å². The Bertz CT molecular complexity index is 365. The van der Waals surface area contributed by atoms with Crippen molar-refractivity contribution in [2.24, 2.45) is 5.92 Å². The van der Waals surface area contributed by atoms with Gasteiger partial charge in [-0.25, -0.2) is 0 Å². The van der Waals surface area contributed by atoms with Crippen molar-refractivity contribution in [3.8, 4) is 0 Å². The molecule has 0 fully saturated rings. The maximum Gasteiger partial charge on any atom is 0.334 e. The van der Waals surface area contributed by atoms with Gasteiger partial charge < -0.3 is 13.8 Å². The monoisotopic (exact) mass is 274 g/mol. The Labute approximate surface area is 109 Å². The number of aldehydes is 1. The second-order valence-electron chi connectivity index (χ2n) is 4.71. The van der Waals surface area contributed by atoms with Gasteiger partial charge in [-0.3, -0.25) is 4.57 Å². The summed E-state index contributed by atoms with van der Waals surface area (Å²) in [6.45, 7) is 8.29. The van der Waals surface area contributed by atoms with Crippen molar-refractivity contribution < 1.29 is 18.4 Å². The quantitative estimate of drug-likeness (QED) is 0.422. The van der Waals surface area contributed by atoms with Crippen LogP contribution in [0.3, 0.4) is 0 Å². The van der Waals surface area contributed by atoms with Crippen molar-refractivity contribution in [3.05, 3.63) is 11.1 Å². The lowest BCUT2D eigenvalue weighted by Crippen LogP contribution is -2.28. The standard InChI is InChI=1S/C13H23O4P/c1-5-16-18(15,17-6-2)13-8-11(4)10(3)7-12(13)9-14/h9,12-13H,5-8H2,1-4H3. The molecule has 18 heavy (non-hydrogen) atoms. The lowest BCUT2D eigenvalue weighted by molar-refractivity contribution is -0.111. The highest BCUT2D eigenvalue weighted by atomic mass is 31.2. The Morgan fingerprint density at radius 2 is 1.67 bits per heavy atom. The van der Waals surface area contributed by atoms with E-state index in [1.54, 1.807) is 13.8 Å². The highest BCUT2D eigenvalue weighted by Gasteiger charge is 2.43. The summed E-state index contributed by atoms with van der Waals surface area (Å²) in [5.41, 5.74) is 2.07. The minimum atomic E-state index is -3.20. The van der Waals surface area contributed by atoms with E-state index in [0.717, 1.165) is 6.29 Å². The fourth-order valence-electron chi connectivity index (χ4n) is 2.38. The molecule has 0 saturated carbocycles. The van der Waals surface area contributed by atoms with E-state index in [1.165, 1.54) is 11.1 Å². The molecule has 1 aliphatic rings. The third-order valence-electron chi connectivity index (χ3n) is 3.48. The third kappa shape index (κ3) is 3.31. The number of rotatable bonds is 6. The van der Waals surface area contributed by atoms with Gasteiger partial charge in [0.2, 0.25) is 0 Å². The molecule has 0 amide bonds. The van der Waals surface area contributed by atoms with Crippen molar-refractivity contribution in [2.75, 3.05) is 13.2 Å². The van der Waals surface area contributed by atoms with Gasteiger partial charge in [0, 0.05) is 5.92 Å². The second kappa shape index (κ2) is 6.65. The lowest BCUT2D eigenvalue weighted by Gasteiger charge is -2.34. The first kappa shape index (κ1) is 15.6. The van der Waals surface area contributed by atoms with Crippen LogP contribution in [0.1, 0.15) is 40.5 Å². The number of hydrogen-bond donors (Lipinski definition) is 0. The van der Waals surface area contributed by atoms with Gasteiger partial charge in [-0.15, -0.1) is 0 Å². The summed E-state index contributed by atoms with van der Waals surface area (Å²) in [6, 6.07) is 0. The first-order valence-electron chi connectivity index (χ1n) is 6.47. The van der Waals surface area contributed by atoms with Gasteiger partial charge in [0.05, 0.1) is 18.9 Å². The fraction of sp³-hybridized carbons (Fsp3) is 0.769. The van der Waals surface area contributed by atoms with Gasteiger partial charge in [-0.2, -0.15) is 0 Å². The molecular formula is C13H23O4P. The first-order valence-corrected chi connectivity index (χ1v) is 8.09. The molecule has 5 heteroatoms. The minimum absolute atomic E-state index is 0.266. The third-order valence-corrected chi connectivity index (χ3v) is 6.09. The SMILES string of the molecule is CCOP(=O)(OCC)C1CC(C)=C(C)CC1C=O. The lowest BCUT2D eigenvalue weighted by atomic mass is 9.85. The summed E-state index contributed by atoms with van der Waals surface area (Å²) in [5, 5.41) is 0. The molecule has 104 valence electrons. The summed E-state index contributed by atoms with van der Waals surface area (Å²) >= 11 is 0. The molecule has 0 N–H and O–H groups in total. The number of allylic oxidation sites excluding steroid dienone is 2. The maximum absolute atomic E-state index is 12.8. The highest BCUT2D eigenvalue weighted by molar-refractivity contribution is 7.54. The summed E-state index contributed by atoms with van der Waals surface area (Å²) in [5.74, 6) is -0.266. The molecule has 1 rings (SSSR count). The van der Waals surface area contributed by atoms with E-state index in [2.05, 4.69) is 0 Å². The summed E-state index contributed by atoms with van der Waals surface area (Å²) < 4.78 is 23.5. The average molecular weight is 274 g/mol. The van der Waals surface area contributed by atoms with Crippen LogP contribution in [-0.2, 0) is 18.4 Å². The van der Waals surface area contributed by atoms with Crippen LogP contribution in [0.4, 0.5) is 0 Å². The molecule has 2 unspecified atom stereocenters. The summed E-state index contributed by atoms with van der Waals surface area (Å²) in [6.07, 6.45) is 2.17. The smallest absolute Gasteiger partial charge is 0.309 e. The van der Waals surface area contributed by atoms with Gasteiger partial charge in [0.25, 0.3) is 0 Å². The largest absolute Gasteiger partial charge is 0.334 e. The molecule has 1 aliphatic carbocycles. The molecule has 4 nitrogen and oxygen atoms in total. The Balaban J connectivity index is 3.03. The van der Waals surface area contributed by atoms with E-state index in [-0.39, 0.29) is 11.6 Å². The first-order chi connectivity index (χ1) is 8.48. The molecule has 0 bridgehead atoms. The van der Waals surface area contributed by atoms with E-state index < -0.39 is 7.60 Å². The van der Waals surface area contributed by atoms with Gasteiger partial charge in [0.1, 0.15) is 6.29 Å². The molecule has 0 aromatic rings. The second-order valence-corrected chi connectivity index (χ2v) is 6.97. The fourth-order valence-corrected chi connectivity index (χ4v) is 4.70. The molecule has 2 atom stereocenters. The summed E-state index contributed by atoms with van der Waals surface area (Å²) in [4.78, 5) is 11.2. The molecule has 0 aliphatic heterocycles. The zero-order valence-electron chi connectivity index (χ0n) is 11.6. The van der Waals surface area contributed by atoms with Crippen LogP contribution in [0.25, 0.3) is 0 Å².